The molecule has 4 amide bonds. The van der Waals surface area contributed by atoms with Gasteiger partial charge in [-0.3, -0.25) is 24.1 Å². The van der Waals surface area contributed by atoms with E-state index in [-0.39, 0.29) is 36.6 Å². The highest BCUT2D eigenvalue weighted by Crippen LogP contribution is 2.30. The molecular formula is C28H25N3O4. The number of nitrogens with one attached hydrogen (secondary N) is 1. The summed E-state index contributed by atoms with van der Waals surface area (Å²) in [5.74, 6) is -0.751. The van der Waals surface area contributed by atoms with Gasteiger partial charge in [-0.2, -0.15) is 0 Å². The Bertz CT molecular complexity index is 1280. The fourth-order valence-electron chi connectivity index (χ4n) is 4.64. The van der Waals surface area contributed by atoms with Gasteiger partial charge in [0.1, 0.15) is 0 Å². The van der Waals surface area contributed by atoms with Crippen LogP contribution in [0.4, 0.5) is 5.69 Å². The quantitative estimate of drug-likeness (QED) is 0.538. The van der Waals surface area contributed by atoms with E-state index in [4.69, 9.17) is 0 Å². The Morgan fingerprint density at radius 2 is 1.54 bits per heavy atom. The van der Waals surface area contributed by atoms with Crippen molar-refractivity contribution < 1.29 is 19.2 Å². The van der Waals surface area contributed by atoms with Crippen molar-refractivity contribution in [2.24, 2.45) is 0 Å². The second-order valence-electron chi connectivity index (χ2n) is 8.72. The predicted molar refractivity (Wildman–Crippen MR) is 131 cm³/mol. The first-order valence-electron chi connectivity index (χ1n) is 11.7. The monoisotopic (exact) mass is 467 g/mol. The molecule has 3 aromatic rings. The molecule has 7 heteroatoms. The molecule has 7 nitrogen and oxygen atoms in total. The number of anilines is 1. The van der Waals surface area contributed by atoms with Gasteiger partial charge in [-0.1, -0.05) is 42.5 Å². The van der Waals surface area contributed by atoms with Crippen LogP contribution in [-0.4, -0.2) is 41.6 Å². The van der Waals surface area contributed by atoms with E-state index in [0.29, 0.717) is 36.2 Å². The van der Waals surface area contributed by atoms with Crippen molar-refractivity contribution >= 4 is 29.3 Å². The largest absolute Gasteiger partial charge is 0.352 e. The number of imide groups is 1. The zero-order chi connectivity index (χ0) is 24.4. The van der Waals surface area contributed by atoms with Crippen molar-refractivity contribution in [2.75, 3.05) is 18.0 Å². The molecule has 2 heterocycles. The SMILES string of the molecule is O=C(CCCN1C(=O)c2ccccc2C1=O)NCc1ccc2c(c1)CCN2C(=O)c1ccccc1. The highest BCUT2D eigenvalue weighted by atomic mass is 16.2. The lowest BCUT2D eigenvalue weighted by atomic mass is 10.1. The molecule has 0 aromatic heterocycles. The summed E-state index contributed by atoms with van der Waals surface area (Å²) in [5.41, 5.74) is 4.47. The summed E-state index contributed by atoms with van der Waals surface area (Å²) in [5, 5.41) is 2.91. The Hall–Kier alpha value is -4.26. The van der Waals surface area contributed by atoms with Gasteiger partial charge in [-0.25, -0.2) is 0 Å². The normalized spacial score (nSPS) is 14.2. The number of nitrogens with zero attached hydrogens (tertiary/aromatic N) is 2. The third-order valence-corrected chi connectivity index (χ3v) is 6.46. The Kier molecular flexibility index (Phi) is 6.14. The average molecular weight is 468 g/mol. The van der Waals surface area contributed by atoms with E-state index >= 15 is 0 Å². The number of hydrogen-bond acceptors (Lipinski definition) is 4. The van der Waals surface area contributed by atoms with Crippen molar-refractivity contribution in [1.29, 1.82) is 0 Å². The van der Waals surface area contributed by atoms with Gasteiger partial charge in [0.25, 0.3) is 17.7 Å². The van der Waals surface area contributed by atoms with Gasteiger partial charge in [0.2, 0.25) is 5.91 Å². The maximum Gasteiger partial charge on any atom is 0.261 e. The molecule has 2 aliphatic heterocycles. The van der Waals surface area contributed by atoms with E-state index in [1.54, 1.807) is 29.2 Å². The van der Waals surface area contributed by atoms with Crippen LogP contribution in [0.15, 0.2) is 72.8 Å². The number of hydrogen-bond donors (Lipinski definition) is 1. The van der Waals surface area contributed by atoms with E-state index < -0.39 is 0 Å². The molecule has 0 fully saturated rings. The maximum atomic E-state index is 12.8. The van der Waals surface area contributed by atoms with Crippen LogP contribution in [0, 0.1) is 0 Å². The van der Waals surface area contributed by atoms with Crippen molar-refractivity contribution in [2.45, 2.75) is 25.8 Å². The zero-order valence-corrected chi connectivity index (χ0v) is 19.2. The molecule has 0 spiro atoms. The summed E-state index contributed by atoms with van der Waals surface area (Å²) >= 11 is 0. The molecule has 3 aromatic carbocycles. The van der Waals surface area contributed by atoms with Gasteiger partial charge < -0.3 is 10.2 Å². The summed E-state index contributed by atoms with van der Waals surface area (Å²) in [6.07, 6.45) is 1.39. The molecule has 0 saturated carbocycles. The van der Waals surface area contributed by atoms with Gasteiger partial charge in [-0.15, -0.1) is 0 Å². The Balaban J connectivity index is 1.11. The first kappa shape index (κ1) is 22.5. The maximum absolute atomic E-state index is 12.8. The van der Waals surface area contributed by atoms with E-state index in [2.05, 4.69) is 5.32 Å². The van der Waals surface area contributed by atoms with Gasteiger partial charge in [0, 0.05) is 37.3 Å². The molecular weight excluding hydrogens is 442 g/mol. The minimum absolute atomic E-state index is 0.0107. The second-order valence-corrected chi connectivity index (χ2v) is 8.72. The Morgan fingerprint density at radius 3 is 2.26 bits per heavy atom. The fourth-order valence-corrected chi connectivity index (χ4v) is 4.64. The van der Waals surface area contributed by atoms with E-state index in [1.165, 1.54) is 4.90 Å². The highest BCUT2D eigenvalue weighted by Gasteiger charge is 2.34. The lowest BCUT2D eigenvalue weighted by Crippen LogP contribution is -2.32. The molecule has 0 atom stereocenters. The molecule has 2 aliphatic rings. The minimum atomic E-state index is -0.302. The van der Waals surface area contributed by atoms with Crippen molar-refractivity contribution in [3.63, 3.8) is 0 Å². The van der Waals surface area contributed by atoms with Crippen LogP contribution in [0.2, 0.25) is 0 Å². The Morgan fingerprint density at radius 1 is 0.857 bits per heavy atom. The van der Waals surface area contributed by atoms with Crippen LogP contribution >= 0.6 is 0 Å². The van der Waals surface area contributed by atoms with Gasteiger partial charge in [0.15, 0.2) is 0 Å². The second kappa shape index (κ2) is 9.54. The molecule has 0 saturated heterocycles. The smallest absolute Gasteiger partial charge is 0.261 e. The standard InChI is InChI=1S/C28H25N3O4/c32-25(11-6-15-31-27(34)22-9-4-5-10-23(22)28(31)35)29-18-19-12-13-24-21(17-19)14-16-30(24)26(33)20-7-2-1-3-8-20/h1-5,7-10,12-13,17H,6,11,14-16,18H2,(H,29,32). The van der Waals surface area contributed by atoms with E-state index in [9.17, 15) is 19.2 Å². The van der Waals surface area contributed by atoms with Gasteiger partial charge in [0.05, 0.1) is 11.1 Å². The van der Waals surface area contributed by atoms with Crippen LogP contribution in [0.1, 0.15) is 55.0 Å². The molecule has 0 bridgehead atoms. The minimum Gasteiger partial charge on any atom is -0.352 e. The highest BCUT2D eigenvalue weighted by molar-refractivity contribution is 6.21. The van der Waals surface area contributed by atoms with Crippen LogP contribution in [0.25, 0.3) is 0 Å². The van der Waals surface area contributed by atoms with Gasteiger partial charge in [-0.05, 0) is 54.3 Å². The number of carbonyl (C=O) groups is 4. The van der Waals surface area contributed by atoms with Crippen molar-refractivity contribution in [1.82, 2.24) is 10.2 Å². The van der Waals surface area contributed by atoms with Gasteiger partial charge >= 0.3 is 0 Å². The molecule has 176 valence electrons. The average Bonchev–Trinajstić information content (AvgIpc) is 3.42. The van der Waals surface area contributed by atoms with Crippen molar-refractivity contribution in [3.05, 3.63) is 101 Å². The molecule has 35 heavy (non-hydrogen) atoms. The number of benzene rings is 3. The van der Waals surface area contributed by atoms with E-state index in [0.717, 1.165) is 23.2 Å². The van der Waals surface area contributed by atoms with E-state index in [1.807, 2.05) is 48.5 Å². The Labute approximate surface area is 203 Å². The number of rotatable bonds is 7. The third kappa shape index (κ3) is 4.45. The lowest BCUT2D eigenvalue weighted by molar-refractivity contribution is -0.121. The molecule has 0 unspecified atom stereocenters. The number of amides is 4. The van der Waals surface area contributed by atoms with Crippen LogP contribution in [0.3, 0.4) is 0 Å². The molecule has 0 aliphatic carbocycles. The van der Waals surface area contributed by atoms with Crippen molar-refractivity contribution in [3.8, 4) is 0 Å². The molecule has 0 radical (unpaired) electrons. The molecule has 1 N–H and O–H groups in total. The summed E-state index contributed by atoms with van der Waals surface area (Å²) in [4.78, 5) is 53.0. The fraction of sp³-hybridized carbons (Fsp3) is 0.214. The first-order valence-corrected chi connectivity index (χ1v) is 11.7. The predicted octanol–water partition coefficient (Wildman–Crippen LogP) is 3.58. The van der Waals surface area contributed by atoms with Crippen LogP contribution in [0.5, 0.6) is 0 Å². The van der Waals surface area contributed by atoms with Crippen LogP contribution < -0.4 is 10.2 Å². The summed E-state index contributed by atoms with van der Waals surface area (Å²) in [7, 11) is 0. The summed E-state index contributed by atoms with van der Waals surface area (Å²) < 4.78 is 0. The first-order chi connectivity index (χ1) is 17.0. The molecule has 5 rings (SSSR count). The summed E-state index contributed by atoms with van der Waals surface area (Å²) in [6.45, 7) is 1.23. The summed E-state index contributed by atoms with van der Waals surface area (Å²) in [6, 6.07) is 21.9. The zero-order valence-electron chi connectivity index (χ0n) is 19.2. The number of fused-ring (bicyclic) bond motifs is 2. The number of carbonyl (C=O) groups excluding carboxylic acids is 4. The topological polar surface area (TPSA) is 86.8 Å². The van der Waals surface area contributed by atoms with Crippen LogP contribution in [-0.2, 0) is 17.8 Å². The lowest BCUT2D eigenvalue weighted by Gasteiger charge is -2.17. The third-order valence-electron chi connectivity index (χ3n) is 6.46.